The molecule has 0 saturated carbocycles. The van der Waals surface area contributed by atoms with Gasteiger partial charge in [0.05, 0.1) is 20.1 Å². The van der Waals surface area contributed by atoms with Crippen LogP contribution in [0, 0.1) is 5.92 Å². The Kier molecular flexibility index (Phi) is 5.61. The molecule has 0 aliphatic carbocycles. The number of para-hydroxylation sites is 1. The maximum absolute atomic E-state index is 13.2. The van der Waals surface area contributed by atoms with Gasteiger partial charge in [0.15, 0.2) is 0 Å². The lowest BCUT2D eigenvalue weighted by molar-refractivity contribution is -0.126. The van der Waals surface area contributed by atoms with E-state index in [1.807, 2.05) is 54.2 Å². The van der Waals surface area contributed by atoms with Gasteiger partial charge in [-0.15, -0.1) is 0 Å². The number of imidazole rings is 1. The van der Waals surface area contributed by atoms with Crippen LogP contribution in [0.3, 0.4) is 0 Å². The summed E-state index contributed by atoms with van der Waals surface area (Å²) in [6, 6.07) is 12.9. The minimum absolute atomic E-state index is 0.0840. The third-order valence-corrected chi connectivity index (χ3v) is 5.36. The molecule has 4 rings (SSSR count). The van der Waals surface area contributed by atoms with Crippen LogP contribution >= 0.6 is 0 Å². The molecule has 2 heterocycles. The number of methoxy groups -OCH3 is 2. The maximum Gasteiger partial charge on any atom is 0.227 e. The van der Waals surface area contributed by atoms with Crippen molar-refractivity contribution in [1.29, 1.82) is 0 Å². The van der Waals surface area contributed by atoms with Crippen molar-refractivity contribution in [3.63, 3.8) is 0 Å². The lowest BCUT2D eigenvalue weighted by atomic mass is 9.95. The number of ether oxygens (including phenoxy) is 3. The fourth-order valence-electron chi connectivity index (χ4n) is 3.70. The largest absolute Gasteiger partial charge is 0.497 e. The van der Waals surface area contributed by atoms with Crippen molar-refractivity contribution in [2.24, 2.45) is 13.0 Å². The highest BCUT2D eigenvalue weighted by atomic mass is 16.5. The van der Waals surface area contributed by atoms with Gasteiger partial charge in [0.2, 0.25) is 5.91 Å². The second-order valence-corrected chi connectivity index (χ2v) is 7.30. The fraction of sp³-hybridized carbons (Fsp3) is 0.304. The minimum atomic E-state index is -0.460. The van der Waals surface area contributed by atoms with Crippen LogP contribution in [0.25, 0.3) is 0 Å². The Morgan fingerprint density at radius 3 is 2.60 bits per heavy atom. The van der Waals surface area contributed by atoms with Crippen molar-refractivity contribution in [3.8, 4) is 17.2 Å². The van der Waals surface area contributed by atoms with E-state index in [-0.39, 0.29) is 11.8 Å². The van der Waals surface area contributed by atoms with Gasteiger partial charge in [-0.05, 0) is 35.7 Å². The van der Waals surface area contributed by atoms with E-state index in [4.69, 9.17) is 14.2 Å². The van der Waals surface area contributed by atoms with Gasteiger partial charge in [-0.3, -0.25) is 4.79 Å². The smallest absolute Gasteiger partial charge is 0.227 e. The molecule has 30 heavy (non-hydrogen) atoms. The second-order valence-electron chi connectivity index (χ2n) is 7.30. The first-order valence-corrected chi connectivity index (χ1v) is 9.80. The molecule has 7 heteroatoms. The molecule has 0 radical (unpaired) electrons. The Morgan fingerprint density at radius 2 is 1.93 bits per heavy atom. The third kappa shape index (κ3) is 3.96. The van der Waals surface area contributed by atoms with Gasteiger partial charge in [-0.25, -0.2) is 4.98 Å². The van der Waals surface area contributed by atoms with Crippen molar-refractivity contribution in [2.45, 2.75) is 12.5 Å². The Labute approximate surface area is 175 Å². The zero-order valence-electron chi connectivity index (χ0n) is 17.3. The van der Waals surface area contributed by atoms with Crippen LogP contribution in [0.2, 0.25) is 0 Å². The summed E-state index contributed by atoms with van der Waals surface area (Å²) in [6.45, 7) is 0.345. The standard InChI is InChI=1S/C23H25N3O4/c1-26-9-8-24-22(26)21(16-11-18(28-2)13-19(12-16)29-3)25-23(27)17-10-15-6-4-5-7-20(15)30-14-17/h4-9,11-13,17,21H,10,14H2,1-3H3,(H,25,27)/t17-,21-/m1/s1. The highest BCUT2D eigenvalue weighted by Gasteiger charge is 2.30. The van der Waals surface area contributed by atoms with E-state index in [1.54, 1.807) is 26.5 Å². The molecule has 0 unspecified atom stereocenters. The number of nitrogens with zero attached hydrogens (tertiary/aromatic N) is 2. The van der Waals surface area contributed by atoms with Crippen LogP contribution in [0.15, 0.2) is 54.9 Å². The maximum atomic E-state index is 13.2. The van der Waals surface area contributed by atoms with Gasteiger partial charge in [-0.1, -0.05) is 18.2 Å². The van der Waals surface area contributed by atoms with Crippen molar-refractivity contribution >= 4 is 5.91 Å². The fourth-order valence-corrected chi connectivity index (χ4v) is 3.70. The number of hydrogen-bond donors (Lipinski definition) is 1. The molecule has 2 aromatic carbocycles. The average Bonchev–Trinajstić information content (AvgIpc) is 3.21. The van der Waals surface area contributed by atoms with Gasteiger partial charge in [0.1, 0.15) is 35.7 Å². The van der Waals surface area contributed by atoms with Crippen molar-refractivity contribution in [1.82, 2.24) is 14.9 Å². The molecular weight excluding hydrogens is 382 g/mol. The Bertz CT molecular complexity index is 1020. The van der Waals surface area contributed by atoms with E-state index in [9.17, 15) is 4.79 Å². The number of aromatic nitrogens is 2. The molecule has 1 aromatic heterocycles. The van der Waals surface area contributed by atoms with E-state index < -0.39 is 6.04 Å². The quantitative estimate of drug-likeness (QED) is 0.680. The molecule has 0 bridgehead atoms. The van der Waals surface area contributed by atoms with E-state index in [1.165, 1.54) is 0 Å². The molecular formula is C23H25N3O4. The molecule has 1 N–H and O–H groups in total. The van der Waals surface area contributed by atoms with Crippen molar-refractivity contribution in [3.05, 3.63) is 71.8 Å². The number of hydrogen-bond acceptors (Lipinski definition) is 5. The average molecular weight is 407 g/mol. The third-order valence-electron chi connectivity index (χ3n) is 5.36. The summed E-state index contributed by atoms with van der Waals surface area (Å²) in [5, 5.41) is 3.17. The molecule has 0 fully saturated rings. The Balaban J connectivity index is 1.63. The highest BCUT2D eigenvalue weighted by molar-refractivity contribution is 5.80. The van der Waals surface area contributed by atoms with Crippen LogP contribution in [0.1, 0.15) is 23.0 Å². The number of aryl methyl sites for hydroxylation is 1. The summed E-state index contributed by atoms with van der Waals surface area (Å²) in [5.41, 5.74) is 1.87. The zero-order valence-corrected chi connectivity index (χ0v) is 17.3. The number of carbonyl (C=O) groups is 1. The second kappa shape index (κ2) is 8.49. The van der Waals surface area contributed by atoms with Crippen molar-refractivity contribution < 1.29 is 19.0 Å². The van der Waals surface area contributed by atoms with Crippen LogP contribution in [0.5, 0.6) is 17.2 Å². The molecule has 3 aromatic rings. The Hall–Kier alpha value is -3.48. The molecule has 1 amide bonds. The Morgan fingerprint density at radius 1 is 1.20 bits per heavy atom. The monoisotopic (exact) mass is 407 g/mol. The van der Waals surface area contributed by atoms with Crippen LogP contribution in [-0.2, 0) is 18.3 Å². The summed E-state index contributed by atoms with van der Waals surface area (Å²) in [5.74, 6) is 2.49. The van der Waals surface area contributed by atoms with E-state index in [0.717, 1.165) is 22.7 Å². The van der Waals surface area contributed by atoms with Crippen LogP contribution in [-0.4, -0.2) is 36.3 Å². The van der Waals surface area contributed by atoms with Gasteiger partial charge < -0.3 is 24.1 Å². The van der Waals surface area contributed by atoms with Crippen LogP contribution in [0.4, 0.5) is 0 Å². The molecule has 0 saturated heterocycles. The first-order valence-electron chi connectivity index (χ1n) is 9.80. The normalized spacial score (nSPS) is 16.2. The SMILES string of the molecule is COc1cc(OC)cc([C@@H](NC(=O)[C@H]2COc3ccccc3C2)c2nccn2C)c1. The van der Waals surface area contributed by atoms with E-state index >= 15 is 0 Å². The minimum Gasteiger partial charge on any atom is -0.497 e. The zero-order chi connectivity index (χ0) is 21.1. The highest BCUT2D eigenvalue weighted by Crippen LogP contribution is 2.31. The summed E-state index contributed by atoms with van der Waals surface area (Å²) in [7, 11) is 5.10. The lowest BCUT2D eigenvalue weighted by Gasteiger charge is -2.27. The predicted octanol–water partition coefficient (Wildman–Crippen LogP) is 2.89. The van der Waals surface area contributed by atoms with Gasteiger partial charge >= 0.3 is 0 Å². The van der Waals surface area contributed by atoms with Gasteiger partial charge in [-0.2, -0.15) is 0 Å². The van der Waals surface area contributed by atoms with E-state index in [0.29, 0.717) is 24.5 Å². The molecule has 1 aliphatic rings. The topological polar surface area (TPSA) is 74.6 Å². The number of carbonyl (C=O) groups excluding carboxylic acids is 1. The van der Waals surface area contributed by atoms with Gasteiger partial charge in [0, 0.05) is 25.5 Å². The van der Waals surface area contributed by atoms with Crippen LogP contribution < -0.4 is 19.5 Å². The first kappa shape index (κ1) is 19.8. The molecule has 156 valence electrons. The van der Waals surface area contributed by atoms with Gasteiger partial charge in [0.25, 0.3) is 0 Å². The number of rotatable bonds is 6. The molecule has 0 spiro atoms. The summed E-state index contributed by atoms with van der Waals surface area (Å²) in [4.78, 5) is 17.7. The number of nitrogens with one attached hydrogen (secondary N) is 1. The van der Waals surface area contributed by atoms with E-state index in [2.05, 4.69) is 10.3 Å². The number of amides is 1. The number of fused-ring (bicyclic) bond motifs is 1. The van der Waals surface area contributed by atoms with Crippen molar-refractivity contribution in [2.75, 3.05) is 20.8 Å². The molecule has 1 aliphatic heterocycles. The molecule has 2 atom stereocenters. The number of benzene rings is 2. The summed E-state index contributed by atoms with van der Waals surface area (Å²) >= 11 is 0. The predicted molar refractivity (Wildman–Crippen MR) is 112 cm³/mol. The summed E-state index contributed by atoms with van der Waals surface area (Å²) in [6.07, 6.45) is 4.20. The molecule has 7 nitrogen and oxygen atoms in total. The first-order chi connectivity index (χ1) is 14.6. The lowest BCUT2D eigenvalue weighted by Crippen LogP contribution is -2.40. The summed E-state index contributed by atoms with van der Waals surface area (Å²) < 4.78 is 18.5.